The minimum atomic E-state index is -1.44. The molecule has 0 unspecified atom stereocenters. The molecule has 1 amide bonds. The lowest BCUT2D eigenvalue weighted by Crippen LogP contribution is -2.48. The number of carbonyl (C=O) groups is 1. The van der Waals surface area contributed by atoms with Crippen LogP contribution in [0.5, 0.6) is 0 Å². The molecular formula is C22H21NO3. The molecular weight excluding hydrogens is 326 g/mol. The van der Waals surface area contributed by atoms with Crippen molar-refractivity contribution in [2.24, 2.45) is 0 Å². The SMILES string of the molecule is O=C(NC[C@@H](O)c1ccc2ccccc2c1)C1(O)Cc2ccccc2C1. The number of fused-ring (bicyclic) bond motifs is 2. The Balaban J connectivity index is 1.42. The third kappa shape index (κ3) is 3.09. The number of amides is 1. The third-order valence-corrected chi connectivity index (χ3v) is 5.12. The lowest BCUT2D eigenvalue weighted by Gasteiger charge is -2.22. The summed E-state index contributed by atoms with van der Waals surface area (Å²) < 4.78 is 0. The van der Waals surface area contributed by atoms with Gasteiger partial charge in [-0.05, 0) is 33.5 Å². The molecule has 1 aliphatic carbocycles. The Hall–Kier alpha value is -2.69. The predicted molar refractivity (Wildman–Crippen MR) is 101 cm³/mol. The van der Waals surface area contributed by atoms with Crippen molar-refractivity contribution in [2.75, 3.05) is 6.54 Å². The smallest absolute Gasteiger partial charge is 0.252 e. The van der Waals surface area contributed by atoms with Gasteiger partial charge in [0.1, 0.15) is 0 Å². The molecule has 0 bridgehead atoms. The summed E-state index contributed by atoms with van der Waals surface area (Å²) in [7, 11) is 0. The van der Waals surface area contributed by atoms with Crippen molar-refractivity contribution in [3.8, 4) is 0 Å². The fourth-order valence-electron chi connectivity index (χ4n) is 3.64. The van der Waals surface area contributed by atoms with Crippen LogP contribution >= 0.6 is 0 Å². The van der Waals surface area contributed by atoms with Crippen molar-refractivity contribution in [3.05, 3.63) is 83.4 Å². The van der Waals surface area contributed by atoms with Crippen LogP contribution in [0.15, 0.2) is 66.7 Å². The Morgan fingerprint density at radius 3 is 2.27 bits per heavy atom. The molecule has 0 radical (unpaired) electrons. The number of hydrogen-bond acceptors (Lipinski definition) is 3. The second-order valence-corrected chi connectivity index (χ2v) is 6.99. The van der Waals surface area contributed by atoms with Crippen LogP contribution in [-0.2, 0) is 17.6 Å². The van der Waals surface area contributed by atoms with Gasteiger partial charge in [-0.1, -0.05) is 60.7 Å². The second kappa shape index (κ2) is 6.56. The number of rotatable bonds is 4. The Labute approximate surface area is 152 Å². The first-order valence-corrected chi connectivity index (χ1v) is 8.79. The lowest BCUT2D eigenvalue weighted by molar-refractivity contribution is -0.139. The van der Waals surface area contributed by atoms with E-state index in [-0.39, 0.29) is 6.54 Å². The van der Waals surface area contributed by atoms with Crippen molar-refractivity contribution < 1.29 is 15.0 Å². The normalized spacial score (nSPS) is 16.2. The molecule has 3 aromatic carbocycles. The fourth-order valence-corrected chi connectivity index (χ4v) is 3.64. The predicted octanol–water partition coefficient (Wildman–Crippen LogP) is 2.52. The average molecular weight is 347 g/mol. The van der Waals surface area contributed by atoms with Gasteiger partial charge in [0.2, 0.25) is 0 Å². The fraction of sp³-hybridized carbons (Fsp3) is 0.227. The van der Waals surface area contributed by atoms with Crippen molar-refractivity contribution in [1.82, 2.24) is 5.32 Å². The van der Waals surface area contributed by atoms with Gasteiger partial charge in [0, 0.05) is 19.4 Å². The van der Waals surface area contributed by atoms with Crippen molar-refractivity contribution >= 4 is 16.7 Å². The highest BCUT2D eigenvalue weighted by Crippen LogP contribution is 2.30. The Bertz CT molecular complexity index is 941. The molecule has 0 spiro atoms. The van der Waals surface area contributed by atoms with Gasteiger partial charge in [-0.25, -0.2) is 0 Å². The summed E-state index contributed by atoms with van der Waals surface area (Å²) in [5.41, 5.74) is 1.30. The topological polar surface area (TPSA) is 69.6 Å². The molecule has 0 saturated carbocycles. The van der Waals surface area contributed by atoms with Gasteiger partial charge in [0.05, 0.1) is 6.10 Å². The van der Waals surface area contributed by atoms with Crippen LogP contribution < -0.4 is 5.32 Å². The van der Waals surface area contributed by atoms with E-state index in [2.05, 4.69) is 5.32 Å². The first-order chi connectivity index (χ1) is 12.5. The summed E-state index contributed by atoms with van der Waals surface area (Å²) in [6, 6.07) is 21.4. The molecule has 4 nitrogen and oxygen atoms in total. The van der Waals surface area contributed by atoms with Crippen LogP contribution in [0.3, 0.4) is 0 Å². The van der Waals surface area contributed by atoms with Crippen LogP contribution in [-0.4, -0.2) is 28.3 Å². The summed E-state index contributed by atoms with van der Waals surface area (Å²) in [6.45, 7) is 0.0653. The van der Waals surface area contributed by atoms with E-state index < -0.39 is 17.6 Å². The van der Waals surface area contributed by atoms with E-state index >= 15 is 0 Å². The van der Waals surface area contributed by atoms with E-state index in [9.17, 15) is 15.0 Å². The molecule has 0 aromatic heterocycles. The van der Waals surface area contributed by atoms with E-state index in [1.54, 1.807) is 0 Å². The van der Waals surface area contributed by atoms with Gasteiger partial charge in [0.15, 0.2) is 5.60 Å². The quantitative estimate of drug-likeness (QED) is 0.679. The zero-order valence-electron chi connectivity index (χ0n) is 14.4. The molecule has 26 heavy (non-hydrogen) atoms. The summed E-state index contributed by atoms with van der Waals surface area (Å²) in [5.74, 6) is -0.437. The maximum absolute atomic E-state index is 12.5. The van der Waals surface area contributed by atoms with E-state index in [0.717, 1.165) is 27.5 Å². The van der Waals surface area contributed by atoms with E-state index in [1.165, 1.54) is 0 Å². The summed E-state index contributed by atoms with van der Waals surface area (Å²) in [5, 5.41) is 26.0. The minimum absolute atomic E-state index is 0.0653. The maximum atomic E-state index is 12.5. The minimum Gasteiger partial charge on any atom is -0.387 e. The van der Waals surface area contributed by atoms with Gasteiger partial charge < -0.3 is 15.5 Å². The Morgan fingerprint density at radius 2 is 1.58 bits per heavy atom. The average Bonchev–Trinajstić information content (AvgIpc) is 3.02. The molecule has 0 fully saturated rings. The maximum Gasteiger partial charge on any atom is 0.252 e. The molecule has 0 heterocycles. The monoisotopic (exact) mass is 347 g/mol. The van der Waals surface area contributed by atoms with Crippen molar-refractivity contribution in [2.45, 2.75) is 24.5 Å². The van der Waals surface area contributed by atoms with Crippen LogP contribution in [0, 0.1) is 0 Å². The Morgan fingerprint density at radius 1 is 0.962 bits per heavy atom. The van der Waals surface area contributed by atoms with Gasteiger partial charge in [-0.2, -0.15) is 0 Å². The molecule has 4 heteroatoms. The molecule has 0 aliphatic heterocycles. The van der Waals surface area contributed by atoms with E-state index in [4.69, 9.17) is 0 Å². The van der Waals surface area contributed by atoms with Gasteiger partial charge in [-0.15, -0.1) is 0 Å². The van der Waals surface area contributed by atoms with Gasteiger partial charge in [-0.3, -0.25) is 4.79 Å². The highest BCUT2D eigenvalue weighted by molar-refractivity contribution is 5.87. The van der Waals surface area contributed by atoms with Gasteiger partial charge >= 0.3 is 0 Å². The summed E-state index contributed by atoms with van der Waals surface area (Å²) >= 11 is 0. The number of aliphatic hydroxyl groups excluding tert-OH is 1. The van der Waals surface area contributed by atoms with Crippen molar-refractivity contribution in [3.63, 3.8) is 0 Å². The van der Waals surface area contributed by atoms with Crippen LogP contribution in [0.2, 0.25) is 0 Å². The number of nitrogens with one attached hydrogen (secondary N) is 1. The van der Waals surface area contributed by atoms with Crippen LogP contribution in [0.4, 0.5) is 0 Å². The van der Waals surface area contributed by atoms with Crippen molar-refractivity contribution in [1.29, 1.82) is 0 Å². The third-order valence-electron chi connectivity index (χ3n) is 5.12. The zero-order valence-corrected chi connectivity index (χ0v) is 14.4. The zero-order chi connectivity index (χ0) is 18.1. The summed E-state index contributed by atoms with van der Waals surface area (Å²) in [6.07, 6.45) is -0.210. The molecule has 3 aromatic rings. The largest absolute Gasteiger partial charge is 0.387 e. The molecule has 132 valence electrons. The Kier molecular flexibility index (Phi) is 4.23. The highest BCUT2D eigenvalue weighted by Gasteiger charge is 2.41. The number of benzene rings is 3. The molecule has 1 aliphatic rings. The first kappa shape index (κ1) is 16.8. The molecule has 4 rings (SSSR count). The second-order valence-electron chi connectivity index (χ2n) is 6.99. The van der Waals surface area contributed by atoms with Gasteiger partial charge in [0.25, 0.3) is 5.91 Å². The number of aliphatic hydroxyl groups is 2. The van der Waals surface area contributed by atoms with Crippen LogP contribution in [0.1, 0.15) is 22.8 Å². The van der Waals surface area contributed by atoms with Crippen LogP contribution in [0.25, 0.3) is 10.8 Å². The van der Waals surface area contributed by atoms with E-state index in [1.807, 2.05) is 66.7 Å². The standard InChI is InChI=1S/C22H21NO3/c24-20(17-10-9-15-5-1-2-6-16(15)11-17)14-23-21(25)22(26)12-18-7-3-4-8-19(18)13-22/h1-11,20,24,26H,12-14H2,(H,23,25)/t20-/m1/s1. The number of carbonyl (C=O) groups excluding carboxylic acids is 1. The number of hydrogen-bond donors (Lipinski definition) is 3. The molecule has 1 atom stereocenters. The molecule has 0 saturated heterocycles. The first-order valence-electron chi connectivity index (χ1n) is 8.79. The molecule has 3 N–H and O–H groups in total. The summed E-state index contributed by atoms with van der Waals surface area (Å²) in [4.78, 5) is 12.5. The van der Waals surface area contributed by atoms with E-state index in [0.29, 0.717) is 12.8 Å². The highest BCUT2D eigenvalue weighted by atomic mass is 16.3. The lowest BCUT2D eigenvalue weighted by atomic mass is 9.99.